The molecule has 0 bridgehead atoms. The molecule has 84 heavy (non-hydrogen) atoms. The van der Waals surface area contributed by atoms with Crippen molar-refractivity contribution in [3.05, 3.63) is 291 Å². The largest absolute Gasteiger partial charge is 0.458 e. The van der Waals surface area contributed by atoms with E-state index in [9.17, 15) is 0 Å². The van der Waals surface area contributed by atoms with Gasteiger partial charge in [0.1, 0.15) is 28.5 Å². The molecule has 0 saturated heterocycles. The van der Waals surface area contributed by atoms with Crippen LogP contribution in [0.3, 0.4) is 0 Å². The second kappa shape index (κ2) is 20.2. The van der Waals surface area contributed by atoms with Gasteiger partial charge in [-0.05, 0) is 103 Å². The van der Waals surface area contributed by atoms with Crippen LogP contribution in [0.25, 0.3) is 94.4 Å². The van der Waals surface area contributed by atoms with Gasteiger partial charge in [0.05, 0.1) is 27.8 Å². The summed E-state index contributed by atoms with van der Waals surface area (Å²) in [7, 11) is -2.87. The fourth-order valence-electron chi connectivity index (χ4n) is 12.8. The van der Waals surface area contributed by atoms with Gasteiger partial charge in [0.25, 0.3) is 6.33 Å². The van der Waals surface area contributed by atoms with Crippen LogP contribution in [-0.2, 0) is 5.41 Å². The summed E-state index contributed by atoms with van der Waals surface area (Å²) in [5.41, 5.74) is 10.6. The average molecular weight is 1100 g/mol. The van der Waals surface area contributed by atoms with Crippen LogP contribution in [-0.4, -0.2) is 27.2 Å². The lowest BCUT2D eigenvalue weighted by atomic mass is 9.83. The SMILES string of the molecule is [2H]C([2H])([2H])c1cc(-n2c3ccccc3c3ccc(Oc4ccnc(-n5[c-][n+](-c6c(-c7cccc([Si](c8ccccc8)(c8ccccc8)c8ccccc8)c7)cccc6C(C)(C)C)c6ccccc65)c4)cc32)ncc1-c1cccc2oc3ccccc3c12. The number of hydrogen-bond donors (Lipinski definition) is 0. The maximum absolute atomic E-state index is 8.90. The summed E-state index contributed by atoms with van der Waals surface area (Å²) in [6.45, 7) is 4.34. The molecule has 0 aliphatic carbocycles. The molecule has 7 nitrogen and oxygen atoms in total. The van der Waals surface area contributed by atoms with Crippen LogP contribution >= 0.6 is 0 Å². The van der Waals surface area contributed by atoms with Gasteiger partial charge < -0.3 is 9.15 Å². The van der Waals surface area contributed by atoms with E-state index in [2.05, 4.69) is 202 Å². The third-order valence-electron chi connectivity index (χ3n) is 16.5. The molecular formula is C76H57N5O2Si. The number of aromatic nitrogens is 5. The fourth-order valence-corrected chi connectivity index (χ4v) is 17.6. The predicted molar refractivity (Wildman–Crippen MR) is 345 cm³/mol. The summed E-state index contributed by atoms with van der Waals surface area (Å²) in [6.07, 6.45) is 7.29. The maximum Gasteiger partial charge on any atom is 0.271 e. The van der Waals surface area contributed by atoms with Gasteiger partial charge in [0, 0.05) is 55.7 Å². The Bertz CT molecular complexity index is 5030. The maximum atomic E-state index is 8.90. The van der Waals surface area contributed by atoms with Gasteiger partial charge >= 0.3 is 0 Å². The summed E-state index contributed by atoms with van der Waals surface area (Å²) in [4.78, 5) is 10.0. The molecule has 5 aromatic heterocycles. The molecule has 8 heteroatoms. The molecule has 10 aromatic carbocycles. The standard InChI is InChI=1S/C76H57N5O2Si/c1-51-45-73(78-49-64(51)62-34-22-40-71-74(62)63-32-15-19-39-70(63)83-71)81-66-36-16-14-31-60(66)61-42-41-53(47-69(61)81)82-54-43-44-77-72(48-54)79-50-80(68-38-18-17-37-67(68)79)75-59(33-21-35-65(75)76(2,3)4)52-23-20-30-58(46-52)84(55-24-8-5-9-25-55,56-26-10-6-11-27-56)57-28-12-7-13-29-57/h5-49H,1-4H3/i1D3. The molecule has 0 unspecified atom stereocenters. The Balaban J connectivity index is 0.832. The average Bonchev–Trinajstić information content (AvgIpc) is 1.71. The van der Waals surface area contributed by atoms with Gasteiger partial charge in [0.2, 0.25) is 0 Å². The number of imidazole rings is 1. The molecule has 0 aliphatic rings. The van der Waals surface area contributed by atoms with Crippen LogP contribution in [0.15, 0.2) is 278 Å². The minimum atomic E-state index is -2.87. The number of hydrogen-bond acceptors (Lipinski definition) is 4. The first-order chi connectivity index (χ1) is 42.4. The number of fused-ring (bicyclic) bond motifs is 7. The highest BCUT2D eigenvalue weighted by atomic mass is 28.3. The summed E-state index contributed by atoms with van der Waals surface area (Å²) in [5, 5.41) is 8.96. The zero-order valence-corrected chi connectivity index (χ0v) is 47.5. The third-order valence-corrected chi connectivity index (χ3v) is 21.3. The van der Waals surface area contributed by atoms with Crippen molar-refractivity contribution in [1.82, 2.24) is 19.1 Å². The Morgan fingerprint density at radius 1 is 0.500 bits per heavy atom. The van der Waals surface area contributed by atoms with Crippen LogP contribution in [0.5, 0.6) is 11.5 Å². The lowest BCUT2D eigenvalue weighted by molar-refractivity contribution is -0.572. The van der Waals surface area contributed by atoms with Crippen molar-refractivity contribution in [3.8, 4) is 51.1 Å². The fraction of sp³-hybridized carbons (Fsp3) is 0.0658. The van der Waals surface area contributed by atoms with Crippen LogP contribution < -0.4 is 30.1 Å². The Hall–Kier alpha value is -10.4. The first kappa shape index (κ1) is 47.2. The zero-order chi connectivity index (χ0) is 59.0. The Kier molecular flexibility index (Phi) is 11.4. The summed E-state index contributed by atoms with van der Waals surface area (Å²) in [6, 6.07) is 90.7. The van der Waals surface area contributed by atoms with Gasteiger partial charge in [-0.3, -0.25) is 18.7 Å². The second-order valence-electron chi connectivity index (χ2n) is 22.5. The van der Waals surface area contributed by atoms with Crippen molar-refractivity contribution < 1.29 is 17.8 Å². The predicted octanol–water partition coefficient (Wildman–Crippen LogP) is 15.6. The monoisotopic (exact) mass is 1100 g/mol. The highest BCUT2D eigenvalue weighted by molar-refractivity contribution is 7.19. The van der Waals surface area contributed by atoms with E-state index < -0.39 is 14.9 Å². The van der Waals surface area contributed by atoms with Gasteiger partial charge in [-0.25, -0.2) is 4.98 Å². The second-order valence-corrected chi connectivity index (χ2v) is 26.3. The van der Waals surface area contributed by atoms with Crippen LogP contribution in [0.4, 0.5) is 0 Å². The quantitative estimate of drug-likeness (QED) is 0.0560. The molecule has 0 saturated carbocycles. The number of para-hydroxylation sites is 5. The van der Waals surface area contributed by atoms with E-state index in [4.69, 9.17) is 23.2 Å². The third kappa shape index (κ3) is 8.36. The van der Waals surface area contributed by atoms with E-state index in [1.807, 2.05) is 94.1 Å². The Labute approximate surface area is 492 Å². The van der Waals surface area contributed by atoms with Gasteiger partial charge in [-0.15, -0.1) is 0 Å². The van der Waals surface area contributed by atoms with Gasteiger partial charge in [0.15, 0.2) is 13.9 Å². The van der Waals surface area contributed by atoms with E-state index >= 15 is 0 Å². The van der Waals surface area contributed by atoms with Gasteiger partial charge in [-0.2, -0.15) is 0 Å². The Morgan fingerprint density at radius 2 is 1.12 bits per heavy atom. The summed E-state index contributed by atoms with van der Waals surface area (Å²) in [5.74, 6) is 2.25. The number of pyridine rings is 2. The molecule has 15 aromatic rings. The van der Waals surface area contributed by atoms with E-state index in [-0.39, 0.29) is 11.0 Å². The van der Waals surface area contributed by atoms with E-state index in [1.165, 1.54) is 26.3 Å². The molecular weight excluding hydrogens is 1040 g/mol. The smallest absolute Gasteiger partial charge is 0.271 e. The number of furan rings is 1. The number of benzene rings is 10. The molecule has 15 rings (SSSR count). The number of aryl methyl sites for hydroxylation is 1. The highest BCUT2D eigenvalue weighted by Crippen LogP contribution is 2.41. The van der Waals surface area contributed by atoms with Crippen LogP contribution in [0.1, 0.15) is 36.0 Å². The van der Waals surface area contributed by atoms with E-state index in [0.29, 0.717) is 34.3 Å². The lowest BCUT2D eigenvalue weighted by Gasteiger charge is -2.35. The van der Waals surface area contributed by atoms with Crippen molar-refractivity contribution in [1.29, 1.82) is 0 Å². The molecule has 0 spiro atoms. The van der Waals surface area contributed by atoms with Gasteiger partial charge in [-0.1, -0.05) is 227 Å². The molecule has 0 fully saturated rings. The van der Waals surface area contributed by atoms with Crippen molar-refractivity contribution in [2.24, 2.45) is 0 Å². The first-order valence-corrected chi connectivity index (χ1v) is 30.4. The summed E-state index contributed by atoms with van der Waals surface area (Å²) >= 11 is 0. The summed E-state index contributed by atoms with van der Waals surface area (Å²) < 4.78 is 46.0. The van der Waals surface area contributed by atoms with Crippen molar-refractivity contribution in [2.45, 2.75) is 33.0 Å². The lowest BCUT2D eigenvalue weighted by Crippen LogP contribution is -2.74. The normalized spacial score (nSPS) is 12.7. The van der Waals surface area contributed by atoms with Crippen molar-refractivity contribution in [3.63, 3.8) is 0 Å². The molecule has 0 radical (unpaired) electrons. The topological polar surface area (TPSA) is 61.9 Å². The highest BCUT2D eigenvalue weighted by Gasteiger charge is 2.41. The van der Waals surface area contributed by atoms with Crippen LogP contribution in [0, 0.1) is 13.2 Å². The number of ether oxygens (including phenoxy) is 1. The first-order valence-electron chi connectivity index (χ1n) is 29.9. The zero-order valence-electron chi connectivity index (χ0n) is 49.5. The molecule has 0 amide bonds. The minimum Gasteiger partial charge on any atom is -0.458 e. The number of nitrogens with zero attached hydrogens (tertiary/aromatic N) is 5. The Morgan fingerprint density at radius 3 is 1.87 bits per heavy atom. The molecule has 5 heterocycles. The molecule has 0 N–H and O–H groups in total. The van der Waals surface area contributed by atoms with Crippen molar-refractivity contribution in [2.75, 3.05) is 0 Å². The van der Waals surface area contributed by atoms with E-state index in [0.717, 1.165) is 71.6 Å². The minimum absolute atomic E-state index is 0.185. The molecule has 0 atom stereocenters. The van der Waals surface area contributed by atoms with E-state index in [1.54, 1.807) is 18.5 Å². The van der Waals surface area contributed by atoms with Crippen LogP contribution in [0.2, 0.25) is 0 Å². The van der Waals surface area contributed by atoms with Crippen molar-refractivity contribution >= 4 is 83.6 Å². The molecule has 402 valence electrons. The molecule has 0 aliphatic heterocycles. The number of rotatable bonds is 11.